The van der Waals surface area contributed by atoms with Gasteiger partial charge in [0.05, 0.1) is 13.2 Å². The largest absolute Gasteiger partial charge is 0.467 e. The van der Waals surface area contributed by atoms with E-state index in [2.05, 4.69) is 15.6 Å². The predicted molar refractivity (Wildman–Crippen MR) is 85.6 cm³/mol. The molecule has 130 valence electrons. The highest BCUT2D eigenvalue weighted by Crippen LogP contribution is 2.17. The fourth-order valence-electron chi connectivity index (χ4n) is 2.66. The van der Waals surface area contributed by atoms with Crippen LogP contribution in [0.15, 0.2) is 24.5 Å². The molecule has 1 aromatic rings. The monoisotopic (exact) mass is 334 g/mol. The van der Waals surface area contributed by atoms with Crippen molar-refractivity contribution in [3.05, 3.63) is 30.1 Å². The average Bonchev–Trinajstić information content (AvgIpc) is 2.99. The van der Waals surface area contributed by atoms with Crippen LogP contribution in [-0.2, 0) is 25.5 Å². The predicted octanol–water partition coefficient (Wildman–Crippen LogP) is -0.865. The van der Waals surface area contributed by atoms with Gasteiger partial charge in [0.1, 0.15) is 6.04 Å². The first-order valence-corrected chi connectivity index (χ1v) is 7.81. The third kappa shape index (κ3) is 4.76. The summed E-state index contributed by atoms with van der Waals surface area (Å²) < 4.78 is 4.72. The van der Waals surface area contributed by atoms with Gasteiger partial charge in [-0.1, -0.05) is 6.07 Å². The minimum Gasteiger partial charge on any atom is -0.467 e. The maximum Gasteiger partial charge on any atom is 0.328 e. The molecule has 0 unspecified atom stereocenters. The van der Waals surface area contributed by atoms with Crippen molar-refractivity contribution in [3.8, 4) is 0 Å². The Morgan fingerprint density at radius 1 is 1.54 bits per heavy atom. The Labute approximate surface area is 140 Å². The van der Waals surface area contributed by atoms with Crippen LogP contribution in [0.3, 0.4) is 0 Å². The second-order valence-electron chi connectivity index (χ2n) is 5.77. The molecule has 8 heteroatoms. The molecule has 1 aliphatic heterocycles. The van der Waals surface area contributed by atoms with E-state index in [4.69, 9.17) is 10.5 Å². The normalized spacial score (nSPS) is 19.2. The number of hydrogen-bond donors (Lipinski definition) is 3. The Morgan fingerprint density at radius 2 is 2.33 bits per heavy atom. The zero-order valence-corrected chi connectivity index (χ0v) is 13.5. The van der Waals surface area contributed by atoms with Crippen LogP contribution >= 0.6 is 0 Å². The fraction of sp³-hybridized carbons (Fsp3) is 0.500. The van der Waals surface area contributed by atoms with Crippen molar-refractivity contribution in [2.75, 3.05) is 13.7 Å². The molecule has 24 heavy (non-hydrogen) atoms. The van der Waals surface area contributed by atoms with Crippen LogP contribution < -0.4 is 16.4 Å². The van der Waals surface area contributed by atoms with Gasteiger partial charge >= 0.3 is 5.97 Å². The van der Waals surface area contributed by atoms with Gasteiger partial charge in [-0.15, -0.1) is 0 Å². The molecule has 0 spiro atoms. The molecule has 1 aliphatic rings. The quantitative estimate of drug-likeness (QED) is 0.557. The molecule has 4 N–H and O–H groups in total. The van der Waals surface area contributed by atoms with Gasteiger partial charge in [-0.25, -0.2) is 4.79 Å². The second-order valence-corrected chi connectivity index (χ2v) is 5.77. The number of hydrogen-bond acceptors (Lipinski definition) is 6. The van der Waals surface area contributed by atoms with E-state index in [9.17, 15) is 14.4 Å². The first-order chi connectivity index (χ1) is 11.5. The molecule has 0 saturated carbocycles. The Hall–Kier alpha value is -2.48. The summed E-state index contributed by atoms with van der Waals surface area (Å²) in [5, 5.41) is 5.30. The van der Waals surface area contributed by atoms with Crippen molar-refractivity contribution >= 4 is 17.8 Å². The Balaban J connectivity index is 1.95. The summed E-state index contributed by atoms with van der Waals surface area (Å²) in [5.41, 5.74) is 6.73. The molecule has 2 amide bonds. The summed E-state index contributed by atoms with van der Waals surface area (Å²) in [6.07, 6.45) is 4.40. The number of carbonyl (C=O) groups is 3. The van der Waals surface area contributed by atoms with Crippen molar-refractivity contribution in [1.29, 1.82) is 0 Å². The van der Waals surface area contributed by atoms with Gasteiger partial charge in [-0.2, -0.15) is 0 Å². The Morgan fingerprint density at radius 3 is 2.92 bits per heavy atom. The minimum atomic E-state index is -0.892. The van der Waals surface area contributed by atoms with E-state index in [0.717, 1.165) is 5.56 Å². The van der Waals surface area contributed by atoms with Crippen LogP contribution in [0.1, 0.15) is 18.4 Å². The molecule has 0 aromatic carbocycles. The number of amides is 2. The molecule has 1 fully saturated rings. The third-order valence-corrected chi connectivity index (χ3v) is 4.00. The van der Waals surface area contributed by atoms with Gasteiger partial charge in [0.15, 0.2) is 0 Å². The SMILES string of the molecule is COC(=O)[C@H](C[C@@H]1CCNC1=O)NC(=O)[C@@H](N)Cc1cccnc1. The lowest BCUT2D eigenvalue weighted by atomic mass is 9.98. The maximum absolute atomic E-state index is 12.3. The fourth-order valence-corrected chi connectivity index (χ4v) is 2.66. The second kappa shape index (κ2) is 8.39. The summed E-state index contributed by atoms with van der Waals surface area (Å²) in [7, 11) is 1.24. The summed E-state index contributed by atoms with van der Waals surface area (Å²) in [4.78, 5) is 39.8. The molecule has 0 aliphatic carbocycles. The molecule has 8 nitrogen and oxygen atoms in total. The summed E-state index contributed by atoms with van der Waals surface area (Å²) in [6.45, 7) is 0.575. The summed E-state index contributed by atoms with van der Waals surface area (Å²) in [6, 6.07) is 1.87. The van der Waals surface area contributed by atoms with E-state index in [1.807, 2.05) is 6.07 Å². The number of ether oxygens (including phenoxy) is 1. The van der Waals surface area contributed by atoms with Crippen molar-refractivity contribution in [1.82, 2.24) is 15.6 Å². The van der Waals surface area contributed by atoms with E-state index in [1.165, 1.54) is 7.11 Å². The highest BCUT2D eigenvalue weighted by molar-refractivity contribution is 5.88. The number of nitrogens with two attached hydrogens (primary N) is 1. The number of methoxy groups -OCH3 is 1. The molecule has 2 rings (SSSR count). The molecule has 3 atom stereocenters. The lowest BCUT2D eigenvalue weighted by Gasteiger charge is -2.21. The van der Waals surface area contributed by atoms with Gasteiger partial charge in [0.2, 0.25) is 11.8 Å². The number of rotatable bonds is 7. The summed E-state index contributed by atoms with van der Waals surface area (Å²) >= 11 is 0. The van der Waals surface area contributed by atoms with E-state index in [0.29, 0.717) is 19.4 Å². The summed E-state index contributed by atoms with van der Waals surface area (Å²) in [5.74, 6) is -1.48. The Bertz CT molecular complexity index is 593. The van der Waals surface area contributed by atoms with Gasteiger partial charge in [-0.05, 0) is 30.9 Å². The number of esters is 1. The van der Waals surface area contributed by atoms with Crippen molar-refractivity contribution in [3.63, 3.8) is 0 Å². The topological polar surface area (TPSA) is 123 Å². The van der Waals surface area contributed by atoms with Crippen molar-refractivity contribution in [2.24, 2.45) is 11.7 Å². The molecule has 1 saturated heterocycles. The zero-order valence-electron chi connectivity index (χ0n) is 13.5. The lowest BCUT2D eigenvalue weighted by molar-refractivity contribution is -0.146. The highest BCUT2D eigenvalue weighted by atomic mass is 16.5. The molecule has 2 heterocycles. The van der Waals surface area contributed by atoms with Crippen LogP contribution in [0, 0.1) is 5.92 Å². The molecular formula is C16H22N4O4. The van der Waals surface area contributed by atoms with E-state index in [-0.39, 0.29) is 18.2 Å². The van der Waals surface area contributed by atoms with Gasteiger partial charge in [-0.3, -0.25) is 14.6 Å². The number of aromatic nitrogens is 1. The number of nitrogens with one attached hydrogen (secondary N) is 2. The first kappa shape index (κ1) is 17.9. The van der Waals surface area contributed by atoms with Crippen LogP contribution in [0.5, 0.6) is 0 Å². The van der Waals surface area contributed by atoms with E-state index < -0.39 is 24.0 Å². The van der Waals surface area contributed by atoms with Crippen LogP contribution in [0.4, 0.5) is 0 Å². The Kier molecular flexibility index (Phi) is 6.25. The smallest absolute Gasteiger partial charge is 0.328 e. The van der Waals surface area contributed by atoms with Crippen LogP contribution in [0.25, 0.3) is 0 Å². The highest BCUT2D eigenvalue weighted by Gasteiger charge is 2.32. The van der Waals surface area contributed by atoms with E-state index in [1.54, 1.807) is 18.5 Å². The van der Waals surface area contributed by atoms with Gasteiger partial charge in [0, 0.05) is 24.9 Å². The van der Waals surface area contributed by atoms with Crippen molar-refractivity contribution < 1.29 is 19.1 Å². The molecule has 0 bridgehead atoms. The average molecular weight is 334 g/mol. The van der Waals surface area contributed by atoms with E-state index >= 15 is 0 Å². The van der Waals surface area contributed by atoms with Crippen molar-refractivity contribution in [2.45, 2.75) is 31.3 Å². The van der Waals surface area contributed by atoms with Crippen LogP contribution in [-0.4, -0.2) is 48.5 Å². The number of nitrogens with zero attached hydrogens (tertiary/aromatic N) is 1. The third-order valence-electron chi connectivity index (χ3n) is 4.00. The molecule has 1 aromatic heterocycles. The minimum absolute atomic E-state index is 0.113. The van der Waals surface area contributed by atoms with Gasteiger partial charge < -0.3 is 21.1 Å². The lowest BCUT2D eigenvalue weighted by Crippen LogP contribution is -2.50. The maximum atomic E-state index is 12.3. The van der Waals surface area contributed by atoms with Gasteiger partial charge in [0.25, 0.3) is 0 Å². The number of pyridine rings is 1. The first-order valence-electron chi connectivity index (χ1n) is 7.81. The molecule has 0 radical (unpaired) electrons. The molecular weight excluding hydrogens is 312 g/mol. The standard InChI is InChI=1S/C16H22N4O4/c1-24-16(23)13(8-11-4-6-19-14(11)21)20-15(22)12(17)7-10-3-2-5-18-9-10/h2-3,5,9,11-13H,4,6-8,17H2,1H3,(H,19,21)(H,20,22)/t11-,12-,13-/m0/s1. The number of carbonyl (C=O) groups excluding carboxylic acids is 3. The zero-order chi connectivity index (χ0) is 17.5. The van der Waals surface area contributed by atoms with Crippen LogP contribution in [0.2, 0.25) is 0 Å².